The molecule has 0 aromatic heterocycles. The summed E-state index contributed by atoms with van der Waals surface area (Å²) in [4.78, 5) is 12.6. The van der Waals surface area contributed by atoms with E-state index in [2.05, 4.69) is 6.07 Å². The minimum atomic E-state index is -0.278. The van der Waals surface area contributed by atoms with E-state index in [1.807, 2.05) is 24.3 Å². The van der Waals surface area contributed by atoms with Gasteiger partial charge in [-0.25, -0.2) is 0 Å². The fourth-order valence-corrected chi connectivity index (χ4v) is 3.00. The van der Waals surface area contributed by atoms with Crippen molar-refractivity contribution in [3.8, 4) is 17.6 Å². The molecule has 0 bridgehead atoms. The lowest BCUT2D eigenvalue weighted by Gasteiger charge is -2.24. The summed E-state index contributed by atoms with van der Waals surface area (Å²) in [5.74, 6) is 0.210. The summed E-state index contributed by atoms with van der Waals surface area (Å²) in [6.45, 7) is 0. The van der Waals surface area contributed by atoms with E-state index in [4.69, 9.17) is 14.7 Å². The molecule has 0 fully saturated rings. The standard InChI is InChI=1S/C19H17NO3/c1-22-18-11-13(12-20)9-10-17(18)23-19(21)16-8-4-6-14-5-2-3-7-15(14)16/h2-3,5,7,9-11,16H,4,6,8H2,1H3. The molecule has 0 saturated carbocycles. The maximum atomic E-state index is 12.6. The van der Waals surface area contributed by atoms with Crippen molar-refractivity contribution in [1.29, 1.82) is 5.26 Å². The van der Waals surface area contributed by atoms with E-state index in [0.29, 0.717) is 17.1 Å². The number of hydrogen-bond donors (Lipinski definition) is 0. The number of rotatable bonds is 3. The average molecular weight is 307 g/mol. The second-order valence-electron chi connectivity index (χ2n) is 5.54. The second kappa shape index (κ2) is 6.53. The SMILES string of the molecule is COc1cc(C#N)ccc1OC(=O)C1CCCc2ccccc21. The zero-order valence-electron chi connectivity index (χ0n) is 12.9. The van der Waals surface area contributed by atoms with Gasteiger partial charge in [0, 0.05) is 6.07 Å². The van der Waals surface area contributed by atoms with Crippen molar-refractivity contribution in [2.45, 2.75) is 25.2 Å². The number of aryl methyl sites for hydroxylation is 1. The van der Waals surface area contributed by atoms with Crippen LogP contribution in [-0.4, -0.2) is 13.1 Å². The molecule has 0 N–H and O–H groups in total. The molecule has 0 saturated heterocycles. The summed E-state index contributed by atoms with van der Waals surface area (Å²) in [7, 11) is 1.49. The number of fused-ring (bicyclic) bond motifs is 1. The first-order valence-corrected chi connectivity index (χ1v) is 7.60. The Morgan fingerprint density at radius 3 is 2.83 bits per heavy atom. The van der Waals surface area contributed by atoms with Crippen LogP contribution in [0.3, 0.4) is 0 Å². The molecule has 1 unspecified atom stereocenters. The molecule has 2 aromatic rings. The van der Waals surface area contributed by atoms with Crippen molar-refractivity contribution in [2.75, 3.05) is 7.11 Å². The van der Waals surface area contributed by atoms with Crippen LogP contribution in [0, 0.1) is 11.3 Å². The van der Waals surface area contributed by atoms with Crippen LogP contribution in [0.25, 0.3) is 0 Å². The molecule has 1 aliphatic rings. The van der Waals surface area contributed by atoms with Gasteiger partial charge in [0.2, 0.25) is 0 Å². The average Bonchev–Trinajstić information content (AvgIpc) is 2.61. The fourth-order valence-electron chi connectivity index (χ4n) is 3.00. The van der Waals surface area contributed by atoms with E-state index < -0.39 is 0 Å². The van der Waals surface area contributed by atoms with Gasteiger partial charge < -0.3 is 9.47 Å². The topological polar surface area (TPSA) is 59.3 Å². The summed E-state index contributed by atoms with van der Waals surface area (Å²) in [6.07, 6.45) is 2.76. The first-order chi connectivity index (χ1) is 11.2. The van der Waals surface area contributed by atoms with Crippen molar-refractivity contribution in [1.82, 2.24) is 0 Å². The predicted molar refractivity (Wildman–Crippen MR) is 85.5 cm³/mol. The van der Waals surface area contributed by atoms with E-state index in [1.165, 1.54) is 12.7 Å². The van der Waals surface area contributed by atoms with E-state index in [0.717, 1.165) is 24.8 Å². The van der Waals surface area contributed by atoms with Gasteiger partial charge in [-0.05, 0) is 42.5 Å². The lowest BCUT2D eigenvalue weighted by Crippen LogP contribution is -2.23. The van der Waals surface area contributed by atoms with Crippen LogP contribution in [-0.2, 0) is 11.2 Å². The van der Waals surface area contributed by atoms with Crippen molar-refractivity contribution in [3.63, 3.8) is 0 Å². The third-order valence-corrected chi connectivity index (χ3v) is 4.16. The highest BCUT2D eigenvalue weighted by Gasteiger charge is 2.28. The Morgan fingerprint density at radius 2 is 2.04 bits per heavy atom. The van der Waals surface area contributed by atoms with Gasteiger partial charge in [-0.15, -0.1) is 0 Å². The normalized spacial score (nSPS) is 16.1. The summed E-state index contributed by atoms with van der Waals surface area (Å²) >= 11 is 0. The molecule has 1 atom stereocenters. The Kier molecular flexibility index (Phi) is 4.29. The van der Waals surface area contributed by atoms with Crippen LogP contribution in [0.2, 0.25) is 0 Å². The predicted octanol–water partition coefficient (Wildman–Crippen LogP) is 3.59. The van der Waals surface area contributed by atoms with Gasteiger partial charge in [-0.2, -0.15) is 5.26 Å². The largest absolute Gasteiger partial charge is 0.493 e. The third-order valence-electron chi connectivity index (χ3n) is 4.16. The van der Waals surface area contributed by atoms with E-state index >= 15 is 0 Å². The molecule has 0 amide bonds. The molecule has 2 aromatic carbocycles. The highest BCUT2D eigenvalue weighted by Crippen LogP contribution is 2.35. The third kappa shape index (κ3) is 3.04. The number of esters is 1. The van der Waals surface area contributed by atoms with Crippen molar-refractivity contribution >= 4 is 5.97 Å². The van der Waals surface area contributed by atoms with Crippen molar-refractivity contribution in [3.05, 3.63) is 59.2 Å². The number of methoxy groups -OCH3 is 1. The van der Waals surface area contributed by atoms with Crippen LogP contribution in [0.4, 0.5) is 0 Å². The van der Waals surface area contributed by atoms with Gasteiger partial charge in [0.05, 0.1) is 24.7 Å². The van der Waals surface area contributed by atoms with Gasteiger partial charge >= 0.3 is 5.97 Å². The molecule has 4 nitrogen and oxygen atoms in total. The zero-order chi connectivity index (χ0) is 16.2. The molecule has 4 heteroatoms. The molecular weight excluding hydrogens is 290 g/mol. The Hall–Kier alpha value is -2.80. The van der Waals surface area contributed by atoms with Gasteiger partial charge in [-0.1, -0.05) is 24.3 Å². The van der Waals surface area contributed by atoms with Crippen molar-refractivity contribution < 1.29 is 14.3 Å². The van der Waals surface area contributed by atoms with Crippen LogP contribution in [0.5, 0.6) is 11.5 Å². The molecule has 1 aliphatic carbocycles. The number of nitrogens with zero attached hydrogens (tertiary/aromatic N) is 1. The van der Waals surface area contributed by atoms with E-state index in [-0.39, 0.29) is 11.9 Å². The first-order valence-electron chi connectivity index (χ1n) is 7.60. The van der Waals surface area contributed by atoms with Gasteiger partial charge in [0.1, 0.15) is 0 Å². The molecule has 0 spiro atoms. The molecule has 23 heavy (non-hydrogen) atoms. The molecule has 0 aliphatic heterocycles. The van der Waals surface area contributed by atoms with Crippen LogP contribution in [0.1, 0.15) is 35.4 Å². The van der Waals surface area contributed by atoms with Crippen LogP contribution in [0.15, 0.2) is 42.5 Å². The lowest BCUT2D eigenvalue weighted by atomic mass is 9.83. The van der Waals surface area contributed by atoms with Crippen molar-refractivity contribution in [2.24, 2.45) is 0 Å². The maximum Gasteiger partial charge on any atom is 0.318 e. The van der Waals surface area contributed by atoms with Crippen LogP contribution < -0.4 is 9.47 Å². The number of carbonyl (C=O) groups excluding carboxylic acids is 1. The number of benzene rings is 2. The molecule has 0 heterocycles. The van der Waals surface area contributed by atoms with E-state index in [9.17, 15) is 4.79 Å². The van der Waals surface area contributed by atoms with Gasteiger partial charge in [0.25, 0.3) is 0 Å². The van der Waals surface area contributed by atoms with Gasteiger partial charge in [0.15, 0.2) is 11.5 Å². The van der Waals surface area contributed by atoms with E-state index in [1.54, 1.807) is 18.2 Å². The highest BCUT2D eigenvalue weighted by molar-refractivity contribution is 5.81. The fraction of sp³-hybridized carbons (Fsp3) is 0.263. The Bertz CT molecular complexity index is 776. The maximum absolute atomic E-state index is 12.6. The second-order valence-corrected chi connectivity index (χ2v) is 5.54. The number of nitriles is 1. The molecular formula is C19H17NO3. The summed E-state index contributed by atoms with van der Waals surface area (Å²) in [5, 5.41) is 8.93. The summed E-state index contributed by atoms with van der Waals surface area (Å²) in [5.41, 5.74) is 2.73. The number of hydrogen-bond acceptors (Lipinski definition) is 4. The first kappa shape index (κ1) is 15.1. The Balaban J connectivity index is 1.85. The summed E-state index contributed by atoms with van der Waals surface area (Å²) in [6, 6.07) is 14.8. The molecule has 116 valence electrons. The monoisotopic (exact) mass is 307 g/mol. The number of carbonyl (C=O) groups is 1. The smallest absolute Gasteiger partial charge is 0.318 e. The molecule has 3 rings (SSSR count). The van der Waals surface area contributed by atoms with Gasteiger partial charge in [-0.3, -0.25) is 4.79 Å². The Morgan fingerprint density at radius 1 is 1.22 bits per heavy atom. The van der Waals surface area contributed by atoms with Crippen LogP contribution >= 0.6 is 0 Å². The number of ether oxygens (including phenoxy) is 2. The Labute approximate surface area is 135 Å². The minimum Gasteiger partial charge on any atom is -0.493 e. The quantitative estimate of drug-likeness (QED) is 0.642. The highest BCUT2D eigenvalue weighted by atomic mass is 16.6. The molecule has 0 radical (unpaired) electrons. The lowest BCUT2D eigenvalue weighted by molar-refractivity contribution is -0.136. The zero-order valence-corrected chi connectivity index (χ0v) is 12.9. The summed E-state index contributed by atoms with van der Waals surface area (Å²) < 4.78 is 10.8. The minimum absolute atomic E-state index is 0.250.